The monoisotopic (exact) mass is 519 g/mol. The van der Waals surface area contributed by atoms with E-state index in [-0.39, 0.29) is 17.1 Å². The molecule has 3 aromatic rings. The van der Waals surface area contributed by atoms with Gasteiger partial charge in [0.25, 0.3) is 0 Å². The Labute approximate surface area is 211 Å². The molecule has 188 valence electrons. The lowest BCUT2D eigenvalue weighted by atomic mass is 10.1. The first-order valence-electron chi connectivity index (χ1n) is 10.5. The first-order chi connectivity index (χ1) is 16.7. The van der Waals surface area contributed by atoms with Crippen molar-refractivity contribution in [3.63, 3.8) is 0 Å². The summed E-state index contributed by atoms with van der Waals surface area (Å²) in [4.78, 5) is 0.631. The fourth-order valence-electron chi connectivity index (χ4n) is 3.41. The lowest BCUT2D eigenvalue weighted by Crippen LogP contribution is -2.27. The number of benzene rings is 2. The van der Waals surface area contributed by atoms with E-state index in [0.717, 1.165) is 5.56 Å². The maximum atomic E-state index is 12.9. The van der Waals surface area contributed by atoms with E-state index >= 15 is 0 Å². The number of rotatable bonds is 10. The molecular formula is C23H29N5O5S2. The number of nitrogens with one attached hydrogen (secondary N) is 2. The highest BCUT2D eigenvalue weighted by molar-refractivity contribution is 7.89. The highest BCUT2D eigenvalue weighted by Gasteiger charge is 2.25. The van der Waals surface area contributed by atoms with Crippen molar-refractivity contribution in [3.05, 3.63) is 51.3 Å². The number of aromatic nitrogens is 2. The number of ether oxygens (including phenoxy) is 4. The molecule has 2 N–H and O–H groups in total. The molecule has 10 nitrogen and oxygen atoms in total. The van der Waals surface area contributed by atoms with Crippen molar-refractivity contribution < 1.29 is 23.5 Å². The minimum absolute atomic E-state index is 0.0778. The number of nitrogens with zero attached hydrogens (tertiary/aromatic N) is 3. The number of hydrogen-bond donors (Lipinski definition) is 2. The summed E-state index contributed by atoms with van der Waals surface area (Å²) in [5.41, 5.74) is 1.57. The van der Waals surface area contributed by atoms with Crippen LogP contribution in [0.4, 0.5) is 0 Å². The van der Waals surface area contributed by atoms with Crippen LogP contribution in [0.5, 0.6) is 23.0 Å². The van der Waals surface area contributed by atoms with Gasteiger partial charge in [0.15, 0.2) is 27.9 Å². The van der Waals surface area contributed by atoms with Gasteiger partial charge in [-0.2, -0.15) is 9.78 Å². The molecule has 1 unspecified atom stereocenters. The quantitative estimate of drug-likeness (QED) is 0.239. The maximum absolute atomic E-state index is 12.9. The number of hydrogen-bond acceptors (Lipinski definition) is 10. The Morgan fingerprint density at radius 3 is 2.20 bits per heavy atom. The minimum Gasteiger partial charge on any atom is -0.593 e. The second-order valence-corrected chi connectivity index (χ2v) is 10.3. The number of methoxy groups -OCH3 is 4. The van der Waals surface area contributed by atoms with Gasteiger partial charge >= 0.3 is 0 Å². The zero-order valence-corrected chi connectivity index (χ0v) is 22.1. The molecule has 0 amide bonds. The molecule has 12 heteroatoms. The Morgan fingerprint density at radius 1 is 1.00 bits per heavy atom. The molecule has 1 heterocycles. The molecule has 0 bridgehead atoms. The van der Waals surface area contributed by atoms with Crippen LogP contribution >= 0.6 is 11.3 Å². The zero-order valence-electron chi connectivity index (χ0n) is 20.5. The van der Waals surface area contributed by atoms with Gasteiger partial charge in [0.05, 0.1) is 39.8 Å². The van der Waals surface area contributed by atoms with Crippen molar-refractivity contribution in [1.29, 1.82) is 10.8 Å². The van der Waals surface area contributed by atoms with Crippen molar-refractivity contribution in [2.75, 3.05) is 42.5 Å². The zero-order chi connectivity index (χ0) is 25.7. The third-order valence-corrected chi connectivity index (χ3v) is 7.37. The van der Waals surface area contributed by atoms with Crippen LogP contribution in [-0.4, -0.2) is 67.0 Å². The molecule has 0 saturated heterocycles. The van der Waals surface area contributed by atoms with Crippen LogP contribution in [0, 0.1) is 10.8 Å². The minimum atomic E-state index is -1.47. The van der Waals surface area contributed by atoms with Gasteiger partial charge in [-0.1, -0.05) is 17.4 Å². The highest BCUT2D eigenvalue weighted by Crippen LogP contribution is 2.34. The molecule has 1 aromatic heterocycles. The molecule has 1 atom stereocenters. The molecule has 3 rings (SSSR count). The molecule has 0 saturated carbocycles. The Kier molecular flexibility index (Phi) is 8.78. The lowest BCUT2D eigenvalue weighted by molar-refractivity contribution is 0.353. The predicted molar refractivity (Wildman–Crippen MR) is 135 cm³/mol. The molecule has 0 aliphatic rings. The Bertz CT molecular complexity index is 1260. The Balaban J connectivity index is 1.89. The molecule has 0 aliphatic heterocycles. The summed E-state index contributed by atoms with van der Waals surface area (Å²) in [6.07, 6.45) is 0.578. The second kappa shape index (κ2) is 11.6. The summed E-state index contributed by atoms with van der Waals surface area (Å²) in [6.45, 7) is 0. The van der Waals surface area contributed by atoms with E-state index < -0.39 is 11.4 Å². The van der Waals surface area contributed by atoms with Gasteiger partial charge in [0.1, 0.15) is 10.8 Å². The summed E-state index contributed by atoms with van der Waals surface area (Å²) in [6, 6.07) is 8.97. The summed E-state index contributed by atoms with van der Waals surface area (Å²) < 4.78 is 37.2. The lowest BCUT2D eigenvalue weighted by Gasteiger charge is -2.20. The van der Waals surface area contributed by atoms with Gasteiger partial charge in [-0.3, -0.25) is 10.8 Å². The largest absolute Gasteiger partial charge is 0.593 e. The summed E-state index contributed by atoms with van der Waals surface area (Å²) in [7, 11) is 9.61. The molecular weight excluding hydrogens is 490 g/mol. The molecule has 0 spiro atoms. The summed E-state index contributed by atoms with van der Waals surface area (Å²) >= 11 is -0.276. The van der Waals surface area contributed by atoms with Crippen molar-refractivity contribution in [3.8, 4) is 23.0 Å². The second-order valence-electron chi connectivity index (χ2n) is 7.58. The van der Waals surface area contributed by atoms with E-state index in [9.17, 15) is 4.55 Å². The smallest absolute Gasteiger partial charge is 0.206 e. The van der Waals surface area contributed by atoms with Gasteiger partial charge < -0.3 is 23.5 Å². The van der Waals surface area contributed by atoms with Crippen LogP contribution in [0.15, 0.2) is 35.2 Å². The van der Waals surface area contributed by atoms with E-state index in [1.807, 2.05) is 18.2 Å². The average Bonchev–Trinajstić information content (AvgIpc) is 3.22. The molecule has 0 radical (unpaired) electrons. The van der Waals surface area contributed by atoms with E-state index in [0.29, 0.717) is 44.9 Å². The van der Waals surface area contributed by atoms with Gasteiger partial charge in [-0.05, 0) is 23.8 Å². The SMILES string of the molecule is COc1ccc(Cc2nn(C(=N)Cc3cc(OC)c(OC)cc3[S+]([O-])N(C)C)c(=N)s2)cc1OC. The van der Waals surface area contributed by atoms with Gasteiger partial charge in [-0.25, -0.2) is 0 Å². The van der Waals surface area contributed by atoms with E-state index in [1.165, 1.54) is 30.2 Å². The van der Waals surface area contributed by atoms with E-state index in [2.05, 4.69) is 5.10 Å². The Morgan fingerprint density at radius 2 is 1.60 bits per heavy atom. The standard InChI is InChI=1S/C23H29N5O5S2/c1-27(2)35(29)20-13-19(33-6)18(32-5)11-15(20)12-21(24)28-23(25)34-22(26-28)10-14-7-8-16(30-3)17(9-14)31-4/h7-9,11,13,24-25H,10,12H2,1-6H3. The molecule has 35 heavy (non-hydrogen) atoms. The van der Waals surface area contributed by atoms with Crippen LogP contribution < -0.4 is 23.7 Å². The average molecular weight is 520 g/mol. The molecule has 0 aliphatic carbocycles. The van der Waals surface area contributed by atoms with Gasteiger partial charge in [-0.15, -0.1) is 4.31 Å². The van der Waals surface area contributed by atoms with Crippen LogP contribution in [0.1, 0.15) is 16.1 Å². The summed E-state index contributed by atoms with van der Waals surface area (Å²) in [5.74, 6) is 2.25. The highest BCUT2D eigenvalue weighted by atomic mass is 32.2. The van der Waals surface area contributed by atoms with Crippen LogP contribution in [0.3, 0.4) is 0 Å². The topological polar surface area (TPSA) is 129 Å². The fraction of sp³-hybridized carbons (Fsp3) is 0.348. The van der Waals surface area contributed by atoms with Crippen LogP contribution in [-0.2, 0) is 24.2 Å². The van der Waals surface area contributed by atoms with Crippen LogP contribution in [0.2, 0.25) is 0 Å². The Hall–Kier alpha value is -3.06. The van der Waals surface area contributed by atoms with E-state index in [4.69, 9.17) is 29.8 Å². The van der Waals surface area contributed by atoms with Crippen molar-refractivity contribution in [2.45, 2.75) is 17.7 Å². The summed E-state index contributed by atoms with van der Waals surface area (Å²) in [5, 5.41) is 22.2. The first kappa shape index (κ1) is 26.5. The van der Waals surface area contributed by atoms with Crippen molar-refractivity contribution >= 4 is 28.5 Å². The fourth-order valence-corrected chi connectivity index (χ4v) is 5.19. The van der Waals surface area contributed by atoms with Crippen LogP contribution in [0.25, 0.3) is 0 Å². The predicted octanol–water partition coefficient (Wildman–Crippen LogP) is 2.70. The van der Waals surface area contributed by atoms with E-state index in [1.54, 1.807) is 44.8 Å². The molecule has 2 aromatic carbocycles. The molecule has 0 fully saturated rings. The first-order valence-corrected chi connectivity index (χ1v) is 12.4. The van der Waals surface area contributed by atoms with Crippen molar-refractivity contribution in [1.82, 2.24) is 14.1 Å². The third-order valence-electron chi connectivity index (χ3n) is 5.12. The van der Waals surface area contributed by atoms with Gasteiger partial charge in [0.2, 0.25) is 4.80 Å². The van der Waals surface area contributed by atoms with Crippen molar-refractivity contribution in [2.24, 2.45) is 0 Å². The third kappa shape index (κ3) is 5.96. The maximum Gasteiger partial charge on any atom is 0.206 e. The normalized spacial score (nSPS) is 11.9. The van der Waals surface area contributed by atoms with Gasteiger partial charge in [0, 0.05) is 38.6 Å².